The number of halogens is 2. The maximum Gasteiger partial charge on any atom is 0.335 e. The number of amides is 1. The molecule has 2 atom stereocenters. The van der Waals surface area contributed by atoms with Gasteiger partial charge in [0.2, 0.25) is 5.95 Å². The van der Waals surface area contributed by atoms with Gasteiger partial charge in [-0.3, -0.25) is 14.6 Å². The first-order chi connectivity index (χ1) is 21.5. The summed E-state index contributed by atoms with van der Waals surface area (Å²) in [7, 11) is 0. The number of aliphatic carboxylic acids is 1. The molecule has 246 valence electrons. The van der Waals surface area contributed by atoms with E-state index in [0.717, 1.165) is 49.8 Å². The van der Waals surface area contributed by atoms with Gasteiger partial charge in [-0.1, -0.05) is 33.1 Å². The van der Waals surface area contributed by atoms with Crippen LogP contribution in [0.5, 0.6) is 0 Å². The van der Waals surface area contributed by atoms with Crippen molar-refractivity contribution in [3.63, 3.8) is 0 Å². The fourth-order valence-electron chi connectivity index (χ4n) is 4.05. The summed E-state index contributed by atoms with van der Waals surface area (Å²) in [5, 5.41) is 48.3. The van der Waals surface area contributed by atoms with Gasteiger partial charge in [0.25, 0.3) is 5.91 Å². The summed E-state index contributed by atoms with van der Waals surface area (Å²) >= 11 is 1.30. The van der Waals surface area contributed by atoms with Crippen molar-refractivity contribution < 1.29 is 38.8 Å². The van der Waals surface area contributed by atoms with Gasteiger partial charge in [0.1, 0.15) is 22.1 Å². The normalized spacial score (nSPS) is 14.0. The smallest absolute Gasteiger partial charge is 0.335 e. The molecule has 45 heavy (non-hydrogen) atoms. The Labute approximate surface area is 263 Å². The van der Waals surface area contributed by atoms with Gasteiger partial charge >= 0.3 is 5.97 Å². The second-order valence-corrected chi connectivity index (χ2v) is 10.3. The van der Waals surface area contributed by atoms with E-state index >= 15 is 0 Å². The first-order valence-electron chi connectivity index (χ1n) is 14.4. The third-order valence-corrected chi connectivity index (χ3v) is 7.05. The lowest BCUT2D eigenvalue weighted by atomic mass is 9.96. The monoisotopic (exact) mass is 651 g/mol. The lowest BCUT2D eigenvalue weighted by Gasteiger charge is -2.21. The van der Waals surface area contributed by atoms with Crippen LogP contribution in [0, 0.1) is 11.8 Å². The Morgan fingerprint density at radius 3 is 2.36 bits per heavy atom. The van der Waals surface area contributed by atoms with Crippen LogP contribution in [-0.4, -0.2) is 81.1 Å². The minimum atomic E-state index is -1.66. The van der Waals surface area contributed by atoms with E-state index in [0.29, 0.717) is 5.01 Å². The number of carbonyl (C=O) groups excluding carboxylic acids is 1. The Bertz CT molecular complexity index is 1470. The van der Waals surface area contributed by atoms with Crippen molar-refractivity contribution >= 4 is 28.9 Å². The zero-order chi connectivity index (χ0) is 33.5. The quantitative estimate of drug-likeness (QED) is 0.153. The molecule has 13 nitrogen and oxygen atoms in total. The highest BCUT2D eigenvalue weighted by atomic mass is 32.1. The maximum absolute atomic E-state index is 14.5. The SMILES string of the molecule is CC.CC(O)C(O)C(=O)O.CCO.O=C(Nc1cn(C2CCCCC2)nc1-c1nc(F)ccc1F)c1csc(-c2cn[nH]c2)n1. The van der Waals surface area contributed by atoms with Crippen LogP contribution >= 0.6 is 11.3 Å². The predicted octanol–water partition coefficient (Wildman–Crippen LogP) is 4.66. The number of anilines is 1. The summed E-state index contributed by atoms with van der Waals surface area (Å²) < 4.78 is 30.0. The second kappa shape index (κ2) is 18.6. The number of rotatable bonds is 7. The number of carbonyl (C=O) groups is 2. The highest BCUT2D eigenvalue weighted by molar-refractivity contribution is 7.13. The molecule has 6 N–H and O–H groups in total. The number of thiazole rings is 1. The van der Waals surface area contributed by atoms with Crippen LogP contribution in [-0.2, 0) is 4.79 Å². The molecule has 1 amide bonds. The van der Waals surface area contributed by atoms with Crippen LogP contribution in [0.4, 0.5) is 14.5 Å². The zero-order valence-corrected chi connectivity index (χ0v) is 26.3. The number of H-pyrrole nitrogens is 1. The molecule has 1 saturated carbocycles. The van der Waals surface area contributed by atoms with Crippen molar-refractivity contribution in [3.8, 4) is 22.0 Å². The van der Waals surface area contributed by atoms with Gasteiger partial charge in [0.05, 0.1) is 24.0 Å². The van der Waals surface area contributed by atoms with E-state index in [9.17, 15) is 18.4 Å². The van der Waals surface area contributed by atoms with Gasteiger partial charge < -0.3 is 25.7 Å². The highest BCUT2D eigenvalue weighted by Gasteiger charge is 2.24. The highest BCUT2D eigenvalue weighted by Crippen LogP contribution is 2.33. The van der Waals surface area contributed by atoms with Crippen LogP contribution in [0.1, 0.15) is 76.3 Å². The average molecular weight is 652 g/mol. The van der Waals surface area contributed by atoms with Crippen LogP contribution in [0.15, 0.2) is 36.1 Å². The van der Waals surface area contributed by atoms with Gasteiger partial charge in [0.15, 0.2) is 11.9 Å². The van der Waals surface area contributed by atoms with Gasteiger partial charge in [0, 0.05) is 29.9 Å². The first-order valence-corrected chi connectivity index (χ1v) is 15.3. The Kier molecular flexibility index (Phi) is 15.3. The van der Waals surface area contributed by atoms with Crippen molar-refractivity contribution in [2.75, 3.05) is 11.9 Å². The molecular formula is C29H39F2N7O6S. The van der Waals surface area contributed by atoms with E-state index in [1.807, 2.05) is 13.8 Å². The van der Waals surface area contributed by atoms with Crippen molar-refractivity contribution in [3.05, 3.63) is 53.6 Å². The van der Waals surface area contributed by atoms with Gasteiger partial charge in [-0.2, -0.15) is 14.6 Å². The number of carboxylic acid groups (broad SMARTS) is 1. The van der Waals surface area contributed by atoms with Crippen LogP contribution < -0.4 is 5.32 Å². The molecule has 0 aliphatic heterocycles. The second-order valence-electron chi connectivity index (χ2n) is 9.45. The molecule has 0 aromatic carbocycles. The summed E-state index contributed by atoms with van der Waals surface area (Å²) in [6, 6.07) is 2.08. The Morgan fingerprint density at radius 1 is 1.13 bits per heavy atom. The number of hydrogen-bond acceptors (Lipinski definition) is 10. The Hall–Kier alpha value is -4.12. The Balaban J connectivity index is 0.000000464. The van der Waals surface area contributed by atoms with Gasteiger partial charge in [-0.05, 0) is 38.8 Å². The summed E-state index contributed by atoms with van der Waals surface area (Å²) in [4.78, 5) is 30.7. The summed E-state index contributed by atoms with van der Waals surface area (Å²) in [6.45, 7) is 7.14. The maximum atomic E-state index is 14.5. The molecule has 1 fully saturated rings. The number of aromatic nitrogens is 6. The molecule has 4 heterocycles. The number of aliphatic hydroxyl groups excluding tert-OH is 3. The molecule has 5 rings (SSSR count). The number of pyridine rings is 1. The predicted molar refractivity (Wildman–Crippen MR) is 165 cm³/mol. The molecule has 1 aliphatic carbocycles. The fraction of sp³-hybridized carbons (Fsp3) is 0.448. The lowest BCUT2D eigenvalue weighted by Crippen LogP contribution is -2.30. The van der Waals surface area contributed by atoms with E-state index in [-0.39, 0.29) is 35.4 Å². The molecule has 0 saturated heterocycles. The molecule has 1 aliphatic rings. The molecule has 0 bridgehead atoms. The molecule has 0 radical (unpaired) electrons. The zero-order valence-electron chi connectivity index (χ0n) is 25.4. The number of nitrogens with zero attached hydrogens (tertiary/aromatic N) is 5. The van der Waals surface area contributed by atoms with Gasteiger partial charge in [-0.25, -0.2) is 19.2 Å². The van der Waals surface area contributed by atoms with Crippen molar-refractivity contribution in [1.82, 2.24) is 29.9 Å². The van der Waals surface area contributed by atoms with Crippen LogP contribution in [0.3, 0.4) is 0 Å². The van der Waals surface area contributed by atoms with E-state index < -0.39 is 35.8 Å². The molecule has 4 aromatic heterocycles. The molecule has 16 heteroatoms. The van der Waals surface area contributed by atoms with E-state index in [2.05, 4.69) is 30.6 Å². The van der Waals surface area contributed by atoms with Crippen LogP contribution in [0.2, 0.25) is 0 Å². The topological polar surface area (TPSA) is 199 Å². The standard InChI is InChI=1S/C21H19F2N7OS.C4H8O4.C2H6O.C2H6/c22-14-6-7-17(23)28-18(14)19-15(10-30(29-19)13-4-2-1-3-5-13)26-20(31)16-11-32-21(27-16)12-8-24-25-9-12;1-2(5)3(6)4(7)8;1-2-3;1-2/h6-11,13H,1-5H2,(H,24,25)(H,26,31);2-3,5-6H,1H3,(H,7,8);3H,2H2,1H3;1-2H3. The van der Waals surface area contributed by atoms with Crippen LogP contribution in [0.25, 0.3) is 22.0 Å². The minimum absolute atomic E-state index is 0.0891. The number of aromatic amines is 1. The number of carboxylic acids is 1. The van der Waals surface area contributed by atoms with E-state index in [1.54, 1.807) is 35.6 Å². The summed E-state index contributed by atoms with van der Waals surface area (Å²) in [5.41, 5.74) is 1.08. The lowest BCUT2D eigenvalue weighted by molar-refractivity contribution is -0.151. The largest absolute Gasteiger partial charge is 0.479 e. The number of aliphatic hydroxyl groups is 3. The molecule has 2 unspecified atom stereocenters. The number of nitrogens with one attached hydrogen (secondary N) is 2. The third-order valence-electron chi connectivity index (χ3n) is 6.16. The minimum Gasteiger partial charge on any atom is -0.479 e. The van der Waals surface area contributed by atoms with Crippen molar-refractivity contribution in [2.45, 2.75) is 78.0 Å². The third kappa shape index (κ3) is 10.8. The first kappa shape index (κ1) is 37.1. The van der Waals surface area contributed by atoms with Crippen molar-refractivity contribution in [1.29, 1.82) is 0 Å². The fourth-order valence-corrected chi connectivity index (χ4v) is 4.83. The number of hydrogen-bond donors (Lipinski definition) is 6. The average Bonchev–Trinajstić information content (AvgIpc) is 3.82. The summed E-state index contributed by atoms with van der Waals surface area (Å²) in [5.74, 6) is -3.42. The molecular weight excluding hydrogens is 612 g/mol. The van der Waals surface area contributed by atoms with Crippen molar-refractivity contribution in [2.24, 2.45) is 0 Å². The van der Waals surface area contributed by atoms with Gasteiger partial charge in [-0.15, -0.1) is 11.3 Å². The Morgan fingerprint density at radius 2 is 1.80 bits per heavy atom. The summed E-state index contributed by atoms with van der Waals surface area (Å²) in [6.07, 6.45) is 7.30. The molecule has 0 spiro atoms. The molecule has 4 aromatic rings. The van der Waals surface area contributed by atoms with E-state index in [1.165, 1.54) is 18.3 Å². The van der Waals surface area contributed by atoms with E-state index in [4.69, 9.17) is 20.4 Å².